The van der Waals surface area contributed by atoms with Gasteiger partial charge in [0.25, 0.3) is 0 Å². The predicted octanol–water partition coefficient (Wildman–Crippen LogP) is 3.36. The molecule has 0 fully saturated rings. The molecular formula is C12H6N4S2. The Morgan fingerprint density at radius 2 is 1.17 bits per heavy atom. The first-order valence-electron chi connectivity index (χ1n) is 5.36. The zero-order chi connectivity index (χ0) is 11.9. The quantitative estimate of drug-likeness (QED) is 0.532. The molecular weight excluding hydrogens is 264 g/mol. The molecule has 2 heterocycles. The van der Waals surface area contributed by atoms with Crippen molar-refractivity contribution in [1.29, 1.82) is 0 Å². The summed E-state index contributed by atoms with van der Waals surface area (Å²) in [6.45, 7) is 0. The standard InChI is InChI=1S/C12H6N4S2/c1-3-7(11-9(5-1)17-15-13-11)8-4-2-6-10-12(8)14-16-18-10/h1-6H. The maximum absolute atomic E-state index is 4.21. The highest BCUT2D eigenvalue weighted by Crippen LogP contribution is 2.33. The molecule has 4 aromatic rings. The SMILES string of the molecule is c1cc(-c2cccc3snnc23)c2nnsc2c1. The van der Waals surface area contributed by atoms with E-state index in [-0.39, 0.29) is 0 Å². The van der Waals surface area contributed by atoms with Crippen molar-refractivity contribution in [3.63, 3.8) is 0 Å². The lowest BCUT2D eigenvalue weighted by Crippen LogP contribution is -1.83. The van der Waals surface area contributed by atoms with E-state index in [9.17, 15) is 0 Å². The zero-order valence-electron chi connectivity index (χ0n) is 9.07. The molecule has 0 spiro atoms. The van der Waals surface area contributed by atoms with Gasteiger partial charge in [-0.3, -0.25) is 0 Å². The Labute approximate surface area is 110 Å². The summed E-state index contributed by atoms with van der Waals surface area (Å²) in [5, 5.41) is 8.42. The normalized spacial score (nSPS) is 11.3. The van der Waals surface area contributed by atoms with Gasteiger partial charge in [0, 0.05) is 11.1 Å². The van der Waals surface area contributed by atoms with Gasteiger partial charge in [-0.2, -0.15) is 0 Å². The van der Waals surface area contributed by atoms with Crippen molar-refractivity contribution >= 4 is 43.5 Å². The van der Waals surface area contributed by atoms with E-state index in [4.69, 9.17) is 0 Å². The minimum atomic E-state index is 0.933. The van der Waals surface area contributed by atoms with Gasteiger partial charge >= 0.3 is 0 Å². The molecule has 0 amide bonds. The third kappa shape index (κ3) is 1.36. The van der Waals surface area contributed by atoms with E-state index >= 15 is 0 Å². The number of aromatic nitrogens is 4. The monoisotopic (exact) mass is 270 g/mol. The lowest BCUT2D eigenvalue weighted by molar-refractivity contribution is 1.19. The maximum Gasteiger partial charge on any atom is 0.113 e. The molecule has 86 valence electrons. The second kappa shape index (κ2) is 3.79. The van der Waals surface area contributed by atoms with Gasteiger partial charge < -0.3 is 0 Å². The molecule has 2 aromatic carbocycles. The molecule has 0 unspecified atom stereocenters. The molecule has 4 rings (SSSR count). The van der Waals surface area contributed by atoms with Crippen LogP contribution in [0.1, 0.15) is 0 Å². The fraction of sp³-hybridized carbons (Fsp3) is 0. The molecule has 0 atom stereocenters. The number of fused-ring (bicyclic) bond motifs is 2. The number of benzene rings is 2. The average Bonchev–Trinajstić information content (AvgIpc) is 3.06. The summed E-state index contributed by atoms with van der Waals surface area (Å²) >= 11 is 2.82. The van der Waals surface area contributed by atoms with Gasteiger partial charge in [0.15, 0.2) is 0 Å². The van der Waals surface area contributed by atoms with E-state index in [1.165, 1.54) is 23.1 Å². The van der Waals surface area contributed by atoms with E-state index in [1.807, 2.05) is 24.3 Å². The molecule has 0 bridgehead atoms. The van der Waals surface area contributed by atoms with Crippen LogP contribution in [0.5, 0.6) is 0 Å². The molecule has 0 aliphatic carbocycles. The molecule has 0 N–H and O–H groups in total. The minimum absolute atomic E-state index is 0.933. The Balaban J connectivity index is 2.13. The Morgan fingerprint density at radius 3 is 1.67 bits per heavy atom. The Bertz CT molecular complexity index is 777. The molecule has 0 radical (unpaired) electrons. The first-order chi connectivity index (χ1) is 8.93. The molecule has 4 nitrogen and oxygen atoms in total. The van der Waals surface area contributed by atoms with Gasteiger partial charge in [0.1, 0.15) is 11.0 Å². The highest BCUT2D eigenvalue weighted by molar-refractivity contribution is 7.13. The maximum atomic E-state index is 4.21. The largest absolute Gasteiger partial charge is 0.137 e. The number of hydrogen-bond acceptors (Lipinski definition) is 6. The summed E-state index contributed by atoms with van der Waals surface area (Å²) in [6, 6.07) is 12.2. The van der Waals surface area contributed by atoms with Gasteiger partial charge in [0.2, 0.25) is 0 Å². The summed E-state index contributed by atoms with van der Waals surface area (Å²) in [5.74, 6) is 0. The molecule has 0 saturated carbocycles. The smallest absolute Gasteiger partial charge is 0.113 e. The van der Waals surface area contributed by atoms with E-state index in [2.05, 4.69) is 31.3 Å². The van der Waals surface area contributed by atoms with E-state index in [0.29, 0.717) is 0 Å². The van der Waals surface area contributed by atoms with Crippen molar-refractivity contribution in [3.05, 3.63) is 36.4 Å². The second-order valence-electron chi connectivity index (χ2n) is 3.85. The van der Waals surface area contributed by atoms with Crippen LogP contribution >= 0.6 is 23.1 Å². The number of hydrogen-bond donors (Lipinski definition) is 0. The molecule has 18 heavy (non-hydrogen) atoms. The first kappa shape index (κ1) is 10.0. The molecule has 0 aliphatic rings. The molecule has 0 aliphatic heterocycles. The Hall–Kier alpha value is -1.92. The fourth-order valence-corrected chi connectivity index (χ4v) is 3.22. The van der Waals surface area contributed by atoms with Gasteiger partial charge in [-0.25, -0.2) is 0 Å². The first-order valence-corrected chi connectivity index (χ1v) is 6.91. The summed E-state index contributed by atoms with van der Waals surface area (Å²) in [7, 11) is 0. The van der Waals surface area contributed by atoms with Crippen molar-refractivity contribution in [3.8, 4) is 11.1 Å². The second-order valence-corrected chi connectivity index (χ2v) is 5.42. The van der Waals surface area contributed by atoms with Crippen molar-refractivity contribution in [2.24, 2.45) is 0 Å². The van der Waals surface area contributed by atoms with Crippen LogP contribution in [0.15, 0.2) is 36.4 Å². The van der Waals surface area contributed by atoms with E-state index in [1.54, 1.807) is 0 Å². The van der Waals surface area contributed by atoms with Crippen LogP contribution in [0, 0.1) is 0 Å². The van der Waals surface area contributed by atoms with Crippen LogP contribution in [0.3, 0.4) is 0 Å². The van der Waals surface area contributed by atoms with Crippen LogP contribution in [-0.2, 0) is 0 Å². The lowest BCUT2D eigenvalue weighted by Gasteiger charge is -2.02. The van der Waals surface area contributed by atoms with Gasteiger partial charge in [-0.05, 0) is 35.2 Å². The van der Waals surface area contributed by atoms with Gasteiger partial charge in [-0.1, -0.05) is 33.2 Å². The predicted molar refractivity (Wildman–Crippen MR) is 73.8 cm³/mol. The molecule has 0 saturated heterocycles. The third-order valence-electron chi connectivity index (χ3n) is 2.85. The Morgan fingerprint density at radius 1 is 0.667 bits per heavy atom. The van der Waals surface area contributed by atoms with Crippen molar-refractivity contribution in [1.82, 2.24) is 19.2 Å². The van der Waals surface area contributed by atoms with Crippen LogP contribution in [-0.4, -0.2) is 19.2 Å². The van der Waals surface area contributed by atoms with Crippen molar-refractivity contribution in [2.75, 3.05) is 0 Å². The van der Waals surface area contributed by atoms with Crippen molar-refractivity contribution in [2.45, 2.75) is 0 Å². The lowest BCUT2D eigenvalue weighted by atomic mass is 10.0. The minimum Gasteiger partial charge on any atom is -0.137 e. The molecule has 6 heteroatoms. The highest BCUT2D eigenvalue weighted by atomic mass is 32.1. The summed E-state index contributed by atoms with van der Waals surface area (Å²) in [5.41, 5.74) is 4.00. The summed E-state index contributed by atoms with van der Waals surface area (Å²) < 4.78 is 10.2. The topological polar surface area (TPSA) is 51.6 Å². The van der Waals surface area contributed by atoms with Crippen LogP contribution in [0.2, 0.25) is 0 Å². The Kier molecular flexibility index (Phi) is 2.12. The third-order valence-corrected chi connectivity index (χ3v) is 4.23. The summed E-state index contributed by atoms with van der Waals surface area (Å²) in [4.78, 5) is 0. The zero-order valence-corrected chi connectivity index (χ0v) is 10.7. The summed E-state index contributed by atoms with van der Waals surface area (Å²) in [6.07, 6.45) is 0. The van der Waals surface area contributed by atoms with E-state index in [0.717, 1.165) is 31.6 Å². The van der Waals surface area contributed by atoms with Crippen LogP contribution < -0.4 is 0 Å². The highest BCUT2D eigenvalue weighted by Gasteiger charge is 2.11. The average molecular weight is 270 g/mol. The molecule has 2 aromatic heterocycles. The van der Waals surface area contributed by atoms with Crippen molar-refractivity contribution < 1.29 is 0 Å². The van der Waals surface area contributed by atoms with Crippen LogP contribution in [0.25, 0.3) is 31.6 Å². The van der Waals surface area contributed by atoms with Gasteiger partial charge in [0.05, 0.1) is 9.40 Å². The number of rotatable bonds is 1. The van der Waals surface area contributed by atoms with E-state index < -0.39 is 0 Å². The van der Waals surface area contributed by atoms with Gasteiger partial charge in [-0.15, -0.1) is 10.2 Å². The van der Waals surface area contributed by atoms with Crippen LogP contribution in [0.4, 0.5) is 0 Å². The fourth-order valence-electron chi connectivity index (χ4n) is 2.04. The number of nitrogens with zero attached hydrogens (tertiary/aromatic N) is 4.